The van der Waals surface area contributed by atoms with Gasteiger partial charge in [-0.05, 0) is 0 Å². The van der Waals surface area contributed by atoms with Gasteiger partial charge in [-0.3, -0.25) is 0 Å². The molecule has 6 nitrogen and oxygen atoms in total. The first-order valence-corrected chi connectivity index (χ1v) is 8.62. The number of hydrogen-bond acceptors (Lipinski definition) is 4. The molecule has 0 aliphatic heterocycles. The van der Waals surface area contributed by atoms with Gasteiger partial charge in [0.05, 0.1) is 0 Å². The molecule has 1 aromatic heterocycles. The average Bonchev–Trinajstić information content (AvgIpc) is 2.46. The standard InChI is InChI=1S/C5H5N.C4F10NO4S2/c1-2-4-6-5-3-1;5-1(6,7)3(11,12)20(16,17)15-21(18,19)4(13,14)2(8,9)10/h1-5H;/q;-1/p+1. The van der Waals surface area contributed by atoms with Crippen LogP contribution >= 0.6 is 0 Å². The van der Waals surface area contributed by atoms with Gasteiger partial charge in [-0.15, -0.1) is 0 Å². The molecule has 0 saturated carbocycles. The van der Waals surface area contributed by atoms with Crippen molar-refractivity contribution in [3.63, 3.8) is 0 Å². The van der Waals surface area contributed by atoms with Crippen LogP contribution in [0.15, 0.2) is 30.6 Å². The molecular weight excluding hydrogens is 454 g/mol. The molecular formula is C9H6F10N2O4S2. The Labute approximate surface area is 144 Å². The average molecular weight is 460 g/mol. The highest BCUT2D eigenvalue weighted by Gasteiger charge is 2.68. The molecule has 0 unspecified atom stereocenters. The fourth-order valence-corrected chi connectivity index (χ4v) is 3.22. The van der Waals surface area contributed by atoms with Gasteiger partial charge in [0.2, 0.25) is 0 Å². The molecule has 1 heterocycles. The summed E-state index contributed by atoms with van der Waals surface area (Å²) in [4.78, 5) is 2.89. The number of aromatic amines is 1. The minimum atomic E-state index is -7.62. The third kappa shape index (κ3) is 5.64. The SMILES string of the molecule is O=S(=O)([N-]S(=O)(=O)C(F)(F)C(F)(F)F)C(F)(F)C(F)(F)F.c1cc[nH+]cc1. The summed E-state index contributed by atoms with van der Waals surface area (Å²) in [5.41, 5.74) is 0. The van der Waals surface area contributed by atoms with Gasteiger partial charge in [0.1, 0.15) is 0 Å². The van der Waals surface area contributed by atoms with Crippen molar-refractivity contribution in [3.05, 3.63) is 34.7 Å². The molecule has 0 atom stereocenters. The summed E-state index contributed by atoms with van der Waals surface area (Å²) in [7, 11) is -15.2. The minimum absolute atomic E-state index is 0.422. The lowest BCUT2D eigenvalue weighted by atomic mass is 10.5. The smallest absolute Gasteiger partial charge is 0.425 e. The second-order valence-electron chi connectivity index (χ2n) is 4.13. The first kappa shape index (κ1) is 25.3. The molecule has 0 radical (unpaired) electrons. The topological polar surface area (TPSA) is 96.5 Å². The van der Waals surface area contributed by atoms with E-state index in [2.05, 4.69) is 4.98 Å². The van der Waals surface area contributed by atoms with E-state index >= 15 is 0 Å². The quantitative estimate of drug-likeness (QED) is 0.646. The first-order chi connectivity index (χ1) is 11.7. The van der Waals surface area contributed by atoms with Gasteiger partial charge in [-0.2, -0.15) is 43.9 Å². The molecule has 0 saturated heterocycles. The largest absolute Gasteiger partial charge is 0.467 e. The lowest BCUT2D eigenvalue weighted by Crippen LogP contribution is -2.48. The maximum Gasteiger partial charge on any atom is 0.467 e. The van der Waals surface area contributed by atoms with E-state index in [0.717, 1.165) is 0 Å². The van der Waals surface area contributed by atoms with E-state index in [9.17, 15) is 60.7 Å². The number of nitrogens with one attached hydrogen (secondary N) is 1. The van der Waals surface area contributed by atoms with Crippen molar-refractivity contribution in [2.75, 3.05) is 0 Å². The highest BCUT2D eigenvalue weighted by atomic mass is 32.3. The van der Waals surface area contributed by atoms with E-state index in [4.69, 9.17) is 0 Å². The molecule has 0 aromatic carbocycles. The van der Waals surface area contributed by atoms with Gasteiger partial charge < -0.3 is 4.13 Å². The molecule has 0 spiro atoms. The van der Waals surface area contributed by atoms with E-state index in [-0.39, 0.29) is 0 Å². The van der Waals surface area contributed by atoms with Gasteiger partial charge >= 0.3 is 22.9 Å². The van der Waals surface area contributed by atoms with Crippen LogP contribution in [0.5, 0.6) is 0 Å². The third-order valence-corrected chi connectivity index (χ3v) is 5.44. The van der Waals surface area contributed by atoms with Crippen molar-refractivity contribution in [2.45, 2.75) is 22.9 Å². The number of halogens is 10. The lowest BCUT2D eigenvalue weighted by molar-refractivity contribution is -0.377. The van der Waals surface area contributed by atoms with E-state index in [1.54, 1.807) is 0 Å². The molecule has 0 fully saturated rings. The van der Waals surface area contributed by atoms with Gasteiger partial charge in [-0.1, -0.05) is 6.07 Å². The Kier molecular flexibility index (Phi) is 7.26. The predicted molar refractivity (Wildman–Crippen MR) is 66.2 cm³/mol. The molecule has 0 amide bonds. The number of rotatable bonds is 4. The van der Waals surface area contributed by atoms with Crippen molar-refractivity contribution in [2.24, 2.45) is 0 Å². The molecule has 27 heavy (non-hydrogen) atoms. The molecule has 1 aromatic rings. The molecule has 1 N–H and O–H groups in total. The summed E-state index contributed by atoms with van der Waals surface area (Å²) < 4.78 is 161. The van der Waals surface area contributed by atoms with Crippen molar-refractivity contribution >= 4 is 20.0 Å². The van der Waals surface area contributed by atoms with E-state index in [1.807, 2.05) is 30.6 Å². The number of pyridine rings is 1. The van der Waals surface area contributed by atoms with Crippen LogP contribution in [0.2, 0.25) is 0 Å². The zero-order chi connectivity index (χ0) is 21.9. The number of sulfonamides is 2. The van der Waals surface area contributed by atoms with Crippen LogP contribution < -0.4 is 4.98 Å². The number of nitrogens with zero attached hydrogens (tertiary/aromatic N) is 1. The molecule has 158 valence electrons. The summed E-state index contributed by atoms with van der Waals surface area (Å²) in [5.74, 6) is 0. The molecule has 0 aliphatic rings. The monoisotopic (exact) mass is 460 g/mol. The van der Waals surface area contributed by atoms with Crippen LogP contribution in [-0.4, -0.2) is 39.7 Å². The fraction of sp³-hybridized carbons (Fsp3) is 0.444. The predicted octanol–water partition coefficient (Wildman–Crippen LogP) is 2.83. The maximum atomic E-state index is 12.3. The van der Waals surface area contributed by atoms with Gasteiger partial charge in [-0.25, -0.2) is 21.8 Å². The van der Waals surface area contributed by atoms with E-state index in [1.165, 1.54) is 0 Å². The summed E-state index contributed by atoms with van der Waals surface area (Å²) in [6.07, 6.45) is -10.3. The highest BCUT2D eigenvalue weighted by molar-refractivity contribution is 8.13. The fourth-order valence-electron chi connectivity index (χ4n) is 0.857. The van der Waals surface area contributed by atoms with Crippen LogP contribution in [0.25, 0.3) is 4.13 Å². The summed E-state index contributed by atoms with van der Waals surface area (Å²) in [6.45, 7) is 0. The van der Waals surface area contributed by atoms with Gasteiger partial charge in [0, 0.05) is 12.1 Å². The Hall–Kier alpha value is -1.69. The van der Waals surface area contributed by atoms with Crippen molar-refractivity contribution in [3.8, 4) is 0 Å². The van der Waals surface area contributed by atoms with Crippen LogP contribution in [0.1, 0.15) is 0 Å². The summed E-state index contributed by atoms with van der Waals surface area (Å²) in [5, 5.41) is -14.0. The summed E-state index contributed by atoms with van der Waals surface area (Å²) >= 11 is 0. The van der Waals surface area contributed by atoms with Crippen LogP contribution in [0.3, 0.4) is 0 Å². The zero-order valence-corrected chi connectivity index (χ0v) is 13.7. The number of alkyl halides is 10. The highest BCUT2D eigenvalue weighted by Crippen LogP contribution is 2.47. The van der Waals surface area contributed by atoms with E-state index < -0.39 is 42.9 Å². The van der Waals surface area contributed by atoms with Crippen molar-refractivity contribution in [1.29, 1.82) is 0 Å². The van der Waals surface area contributed by atoms with Gasteiger partial charge in [0.15, 0.2) is 32.4 Å². The second kappa shape index (κ2) is 7.74. The second-order valence-corrected chi connectivity index (χ2v) is 7.65. The Morgan fingerprint density at radius 3 is 1.04 bits per heavy atom. The first-order valence-electron chi connectivity index (χ1n) is 5.74. The van der Waals surface area contributed by atoms with Crippen LogP contribution in [0, 0.1) is 0 Å². The van der Waals surface area contributed by atoms with Crippen LogP contribution in [-0.2, 0) is 20.0 Å². The molecule has 1 rings (SSSR count). The van der Waals surface area contributed by atoms with E-state index in [0.29, 0.717) is 4.13 Å². The maximum absolute atomic E-state index is 12.3. The molecule has 0 aliphatic carbocycles. The van der Waals surface area contributed by atoms with Crippen molar-refractivity contribution < 1.29 is 65.7 Å². The Morgan fingerprint density at radius 1 is 0.593 bits per heavy atom. The lowest BCUT2D eigenvalue weighted by Gasteiger charge is -2.31. The zero-order valence-electron chi connectivity index (χ0n) is 12.1. The molecule has 0 bridgehead atoms. The van der Waals surface area contributed by atoms with Crippen molar-refractivity contribution in [1.82, 2.24) is 0 Å². The number of aromatic nitrogens is 1. The summed E-state index contributed by atoms with van der Waals surface area (Å²) in [6, 6.07) is 5.86. The van der Waals surface area contributed by atoms with Crippen LogP contribution in [0.4, 0.5) is 43.9 Å². The number of H-pyrrole nitrogens is 1. The minimum Gasteiger partial charge on any atom is -0.425 e. The normalized spacial score (nSPS) is 14.3. The Balaban J connectivity index is 0.000000941. The van der Waals surface area contributed by atoms with Gasteiger partial charge in [0.25, 0.3) is 0 Å². The number of hydrogen-bond donors (Lipinski definition) is 0. The Morgan fingerprint density at radius 2 is 0.889 bits per heavy atom. The molecule has 18 heteroatoms. The Bertz CT molecular complexity index is 738. The third-order valence-electron chi connectivity index (χ3n) is 2.11.